The van der Waals surface area contributed by atoms with Gasteiger partial charge in [-0.15, -0.1) is 0 Å². The van der Waals surface area contributed by atoms with Crippen molar-refractivity contribution in [1.82, 2.24) is 9.80 Å². The van der Waals surface area contributed by atoms with Crippen molar-refractivity contribution >= 4 is 5.91 Å². The second-order valence-corrected chi connectivity index (χ2v) is 8.20. The summed E-state index contributed by atoms with van der Waals surface area (Å²) in [6.07, 6.45) is 5.40. The van der Waals surface area contributed by atoms with Crippen LogP contribution in [-0.4, -0.2) is 47.9 Å². The highest BCUT2D eigenvalue weighted by molar-refractivity contribution is 5.94. The molecule has 0 spiro atoms. The molecule has 0 aromatic heterocycles. The Hall–Kier alpha value is -2.13. The third-order valence-electron chi connectivity index (χ3n) is 6.27. The molecule has 0 unspecified atom stereocenters. The fraction of sp³-hybridized carbons (Fsp3) is 0.458. The van der Waals surface area contributed by atoms with Crippen LogP contribution in [-0.2, 0) is 0 Å². The maximum absolute atomic E-state index is 12.9. The highest BCUT2D eigenvalue weighted by atomic mass is 16.2. The van der Waals surface area contributed by atoms with Crippen molar-refractivity contribution in [3.05, 3.63) is 60.2 Å². The van der Waals surface area contributed by atoms with Gasteiger partial charge >= 0.3 is 0 Å². The third-order valence-corrected chi connectivity index (χ3v) is 6.27. The summed E-state index contributed by atoms with van der Waals surface area (Å²) in [5.41, 5.74) is 3.14. The van der Waals surface area contributed by atoms with E-state index in [0.717, 1.165) is 49.3 Å². The summed E-state index contributed by atoms with van der Waals surface area (Å²) in [5, 5.41) is 0. The van der Waals surface area contributed by atoms with E-state index in [1.165, 1.54) is 31.2 Å². The Bertz CT molecular complexity index is 748. The zero-order valence-electron chi connectivity index (χ0n) is 16.3. The van der Waals surface area contributed by atoms with Gasteiger partial charge in [0.25, 0.3) is 5.91 Å². The summed E-state index contributed by atoms with van der Waals surface area (Å²) in [6, 6.07) is 19.1. The van der Waals surface area contributed by atoms with Crippen LogP contribution < -0.4 is 0 Å². The molecule has 1 heterocycles. The van der Waals surface area contributed by atoms with Gasteiger partial charge in [0.05, 0.1) is 0 Å². The Balaban J connectivity index is 1.35. The fourth-order valence-electron chi connectivity index (χ4n) is 4.64. The molecule has 2 atom stereocenters. The Morgan fingerprint density at radius 3 is 2.19 bits per heavy atom. The van der Waals surface area contributed by atoms with E-state index in [-0.39, 0.29) is 5.91 Å². The van der Waals surface area contributed by atoms with Gasteiger partial charge in [0, 0.05) is 37.8 Å². The Labute approximate surface area is 163 Å². The zero-order chi connectivity index (χ0) is 18.6. The molecule has 2 aromatic rings. The number of hydrogen-bond acceptors (Lipinski definition) is 2. The van der Waals surface area contributed by atoms with Gasteiger partial charge in [-0.2, -0.15) is 0 Å². The molecular weight excluding hydrogens is 332 g/mol. The van der Waals surface area contributed by atoms with Crippen LogP contribution in [0.3, 0.4) is 0 Å². The van der Waals surface area contributed by atoms with E-state index in [0.29, 0.717) is 0 Å². The van der Waals surface area contributed by atoms with Gasteiger partial charge in [-0.3, -0.25) is 9.69 Å². The number of rotatable bonds is 3. The van der Waals surface area contributed by atoms with Crippen molar-refractivity contribution in [2.75, 3.05) is 26.2 Å². The maximum Gasteiger partial charge on any atom is 0.253 e. The largest absolute Gasteiger partial charge is 0.336 e. The summed E-state index contributed by atoms with van der Waals surface area (Å²) >= 11 is 0. The van der Waals surface area contributed by atoms with Crippen molar-refractivity contribution in [2.45, 2.75) is 38.6 Å². The third kappa shape index (κ3) is 4.24. The molecule has 2 aliphatic rings. The minimum atomic E-state index is 0.172. The molecule has 1 aliphatic heterocycles. The molecule has 3 heteroatoms. The van der Waals surface area contributed by atoms with Crippen LogP contribution >= 0.6 is 0 Å². The van der Waals surface area contributed by atoms with Gasteiger partial charge < -0.3 is 4.90 Å². The summed E-state index contributed by atoms with van der Waals surface area (Å²) in [4.78, 5) is 17.5. The molecule has 1 saturated heterocycles. The predicted octanol–water partition coefficient (Wildman–Crippen LogP) is 4.69. The molecule has 0 bridgehead atoms. The first-order valence-corrected chi connectivity index (χ1v) is 10.4. The number of benzene rings is 2. The number of piperazine rings is 1. The minimum absolute atomic E-state index is 0.172. The monoisotopic (exact) mass is 362 g/mol. The Kier molecular flexibility index (Phi) is 5.58. The predicted molar refractivity (Wildman–Crippen MR) is 111 cm³/mol. The lowest BCUT2D eigenvalue weighted by Crippen LogP contribution is -2.52. The molecule has 27 heavy (non-hydrogen) atoms. The molecule has 0 radical (unpaired) electrons. The van der Waals surface area contributed by atoms with Crippen LogP contribution in [0.1, 0.15) is 43.0 Å². The second kappa shape index (κ2) is 8.26. The molecule has 2 aromatic carbocycles. The van der Waals surface area contributed by atoms with Crippen molar-refractivity contribution < 1.29 is 4.79 Å². The Morgan fingerprint density at radius 2 is 1.52 bits per heavy atom. The molecule has 142 valence electrons. The van der Waals surface area contributed by atoms with Crippen LogP contribution in [0.5, 0.6) is 0 Å². The summed E-state index contributed by atoms with van der Waals surface area (Å²) < 4.78 is 0. The fourth-order valence-corrected chi connectivity index (χ4v) is 4.64. The van der Waals surface area contributed by atoms with Gasteiger partial charge in [0.2, 0.25) is 0 Å². The van der Waals surface area contributed by atoms with Crippen LogP contribution in [0.25, 0.3) is 11.1 Å². The van der Waals surface area contributed by atoms with Gasteiger partial charge in [-0.1, -0.05) is 62.2 Å². The highest BCUT2D eigenvalue weighted by Gasteiger charge is 2.29. The molecule has 4 rings (SSSR count). The van der Waals surface area contributed by atoms with Crippen molar-refractivity contribution in [3.63, 3.8) is 0 Å². The van der Waals surface area contributed by atoms with Gasteiger partial charge in [-0.25, -0.2) is 0 Å². The maximum atomic E-state index is 12.9. The van der Waals surface area contributed by atoms with E-state index < -0.39 is 0 Å². The van der Waals surface area contributed by atoms with E-state index in [4.69, 9.17) is 0 Å². The first kappa shape index (κ1) is 18.2. The van der Waals surface area contributed by atoms with Gasteiger partial charge in [-0.05, 0) is 42.0 Å². The molecule has 1 saturated carbocycles. The number of carbonyl (C=O) groups excluding carboxylic acids is 1. The van der Waals surface area contributed by atoms with E-state index in [2.05, 4.69) is 36.1 Å². The second-order valence-electron chi connectivity index (χ2n) is 8.20. The molecule has 1 aliphatic carbocycles. The van der Waals surface area contributed by atoms with Crippen molar-refractivity contribution in [1.29, 1.82) is 0 Å². The van der Waals surface area contributed by atoms with Crippen LogP contribution in [0, 0.1) is 5.92 Å². The lowest BCUT2D eigenvalue weighted by Gasteiger charge is -2.42. The van der Waals surface area contributed by atoms with Gasteiger partial charge in [0.15, 0.2) is 0 Å². The SMILES string of the molecule is C[C@H]1CCC[C@@H](N2CCN(C(=O)c3ccc(-c4ccccc4)cc3)CC2)C1. The van der Waals surface area contributed by atoms with E-state index >= 15 is 0 Å². The smallest absolute Gasteiger partial charge is 0.253 e. The molecule has 1 amide bonds. The van der Waals surface area contributed by atoms with Crippen LogP contribution in [0.2, 0.25) is 0 Å². The highest BCUT2D eigenvalue weighted by Crippen LogP contribution is 2.28. The standard InChI is InChI=1S/C24H30N2O/c1-19-6-5-9-23(18-19)25-14-16-26(17-15-25)24(27)22-12-10-21(11-13-22)20-7-3-2-4-8-20/h2-4,7-8,10-13,19,23H,5-6,9,14-18H2,1H3/t19-,23+/m0/s1. The van der Waals surface area contributed by atoms with Gasteiger partial charge in [0.1, 0.15) is 0 Å². The first-order valence-electron chi connectivity index (χ1n) is 10.4. The van der Waals surface area contributed by atoms with Crippen LogP contribution in [0.15, 0.2) is 54.6 Å². The number of hydrogen-bond donors (Lipinski definition) is 0. The summed E-state index contributed by atoms with van der Waals surface area (Å²) in [7, 11) is 0. The average Bonchev–Trinajstić information content (AvgIpc) is 2.74. The van der Waals surface area contributed by atoms with Crippen molar-refractivity contribution in [2.24, 2.45) is 5.92 Å². The lowest BCUT2D eigenvalue weighted by molar-refractivity contribution is 0.0489. The minimum Gasteiger partial charge on any atom is -0.336 e. The number of nitrogens with zero attached hydrogens (tertiary/aromatic N) is 2. The van der Waals surface area contributed by atoms with Crippen molar-refractivity contribution in [3.8, 4) is 11.1 Å². The lowest BCUT2D eigenvalue weighted by atomic mass is 9.86. The van der Waals surface area contributed by atoms with Crippen LogP contribution in [0.4, 0.5) is 0 Å². The molecule has 0 N–H and O–H groups in total. The number of carbonyl (C=O) groups is 1. The quantitative estimate of drug-likeness (QED) is 0.791. The number of amides is 1. The first-order chi connectivity index (χ1) is 13.2. The van der Waals surface area contributed by atoms with E-state index in [1.807, 2.05) is 35.2 Å². The van der Waals surface area contributed by atoms with E-state index in [9.17, 15) is 4.79 Å². The summed E-state index contributed by atoms with van der Waals surface area (Å²) in [6.45, 7) is 6.12. The Morgan fingerprint density at radius 1 is 0.852 bits per heavy atom. The topological polar surface area (TPSA) is 23.6 Å². The normalized spacial score (nSPS) is 24.0. The molecule has 3 nitrogen and oxygen atoms in total. The average molecular weight is 363 g/mol. The summed E-state index contributed by atoms with van der Waals surface area (Å²) in [5.74, 6) is 1.03. The van der Waals surface area contributed by atoms with E-state index in [1.54, 1.807) is 0 Å². The molecular formula is C24H30N2O. The molecule has 2 fully saturated rings. The zero-order valence-corrected chi connectivity index (χ0v) is 16.3.